The number of allylic oxidation sites excluding steroid dienone is 3. The van der Waals surface area contributed by atoms with Crippen LogP contribution in [-0.2, 0) is 14.4 Å². The second-order valence-corrected chi connectivity index (χ2v) is 12.5. The number of carbonyl (C=O) groups is 3. The molecule has 4 aliphatic carbocycles. The van der Waals surface area contributed by atoms with E-state index < -0.39 is 29.3 Å². The number of ketones is 2. The molecule has 0 aromatic carbocycles. The van der Waals surface area contributed by atoms with Crippen LogP contribution in [0.5, 0.6) is 0 Å². The largest absolute Gasteiger partial charge is 0.481 e. The van der Waals surface area contributed by atoms with Gasteiger partial charge in [0.25, 0.3) is 0 Å². The van der Waals surface area contributed by atoms with Crippen LogP contribution in [0.3, 0.4) is 0 Å². The number of carboxylic acids is 1. The summed E-state index contributed by atoms with van der Waals surface area (Å²) in [6.45, 7) is 15.0. The van der Waals surface area contributed by atoms with Crippen molar-refractivity contribution in [3.05, 3.63) is 23.3 Å². The molecule has 188 valence electrons. The Kier molecular flexibility index (Phi) is 6.50. The smallest absolute Gasteiger partial charge is 0.309 e. The SMILES string of the molecule is C=C(CC[C@@H](C)[C@H]1CC[C@H]2C3=C(C(=O)C[C@]12C)[C@@]1(C)C(=O)C[C@H](O)[C@@H](C(=O)O)[C@@H]1CC3)C(C)C. The summed E-state index contributed by atoms with van der Waals surface area (Å²) in [7, 11) is 0. The fourth-order valence-electron chi connectivity index (χ4n) is 8.44. The summed E-state index contributed by atoms with van der Waals surface area (Å²) in [5.41, 5.74) is 1.84. The molecule has 0 bridgehead atoms. The Morgan fingerprint density at radius 2 is 1.82 bits per heavy atom. The Hall–Kier alpha value is -1.75. The molecular weight excluding hydrogens is 428 g/mol. The number of aliphatic hydroxyl groups is 1. The third kappa shape index (κ3) is 3.65. The zero-order valence-corrected chi connectivity index (χ0v) is 21.5. The van der Waals surface area contributed by atoms with E-state index in [4.69, 9.17) is 0 Å². The van der Waals surface area contributed by atoms with Gasteiger partial charge in [0, 0.05) is 18.4 Å². The van der Waals surface area contributed by atoms with Gasteiger partial charge in [-0.3, -0.25) is 14.4 Å². The number of Topliss-reactive ketones (excluding diaryl/α,β-unsaturated/α-hetero) is 2. The van der Waals surface area contributed by atoms with Crippen LogP contribution >= 0.6 is 0 Å². The highest BCUT2D eigenvalue weighted by molar-refractivity contribution is 6.07. The molecule has 0 aromatic rings. The third-order valence-corrected chi connectivity index (χ3v) is 10.5. The van der Waals surface area contributed by atoms with Crippen LogP contribution in [-0.4, -0.2) is 33.9 Å². The standard InChI is InChI=1S/C29H42O5/c1-15(2)16(3)7-8-17(4)19-11-12-20-18-9-10-21-25(27(33)34)22(30)13-24(32)29(21,6)26(18)23(31)14-28(19,20)5/h15,17,19-22,25,30H,3,7-14H2,1-2,4-6H3,(H,33,34)/t17-,19-,20+,21+,22+,25+,28-,29-/m1/s1. The first-order valence-corrected chi connectivity index (χ1v) is 13.2. The van der Waals surface area contributed by atoms with E-state index in [1.165, 1.54) is 5.57 Å². The van der Waals surface area contributed by atoms with Crippen LogP contribution in [0.25, 0.3) is 0 Å². The van der Waals surface area contributed by atoms with Gasteiger partial charge < -0.3 is 10.2 Å². The van der Waals surface area contributed by atoms with Crippen LogP contribution in [0.15, 0.2) is 23.3 Å². The summed E-state index contributed by atoms with van der Waals surface area (Å²) >= 11 is 0. The van der Waals surface area contributed by atoms with Crippen LogP contribution in [0, 0.1) is 46.3 Å². The van der Waals surface area contributed by atoms with Crippen molar-refractivity contribution >= 4 is 17.5 Å². The van der Waals surface area contributed by atoms with Crippen molar-refractivity contribution in [1.82, 2.24) is 0 Å². The van der Waals surface area contributed by atoms with Crippen molar-refractivity contribution in [2.45, 2.75) is 92.1 Å². The van der Waals surface area contributed by atoms with E-state index in [-0.39, 0.29) is 29.3 Å². The quantitative estimate of drug-likeness (QED) is 0.509. The summed E-state index contributed by atoms with van der Waals surface area (Å²) < 4.78 is 0. The molecule has 34 heavy (non-hydrogen) atoms. The summed E-state index contributed by atoms with van der Waals surface area (Å²) in [6, 6.07) is 0. The molecule has 4 rings (SSSR count). The summed E-state index contributed by atoms with van der Waals surface area (Å²) in [5.74, 6) is -0.989. The molecule has 0 radical (unpaired) electrons. The Balaban J connectivity index is 1.67. The lowest BCUT2D eigenvalue weighted by molar-refractivity contribution is -0.162. The van der Waals surface area contributed by atoms with Gasteiger partial charge in [-0.1, -0.05) is 45.4 Å². The number of aliphatic carboxylic acids is 1. The number of carbonyl (C=O) groups excluding carboxylic acids is 2. The summed E-state index contributed by atoms with van der Waals surface area (Å²) in [4.78, 5) is 39.2. The second kappa shape index (κ2) is 8.72. The van der Waals surface area contributed by atoms with Gasteiger partial charge in [-0.2, -0.15) is 0 Å². The minimum absolute atomic E-state index is 0.0421. The van der Waals surface area contributed by atoms with E-state index in [1.54, 1.807) is 6.92 Å². The molecule has 0 spiro atoms. The van der Waals surface area contributed by atoms with E-state index >= 15 is 0 Å². The predicted molar refractivity (Wildman–Crippen MR) is 131 cm³/mol. The highest BCUT2D eigenvalue weighted by Crippen LogP contribution is 2.65. The number of hydrogen-bond acceptors (Lipinski definition) is 4. The van der Waals surface area contributed by atoms with Crippen LogP contribution in [0.2, 0.25) is 0 Å². The molecular formula is C29H42O5. The number of fused-ring (bicyclic) bond motifs is 4. The predicted octanol–water partition coefficient (Wildman–Crippen LogP) is 5.37. The van der Waals surface area contributed by atoms with Gasteiger partial charge in [-0.15, -0.1) is 0 Å². The van der Waals surface area contributed by atoms with Crippen molar-refractivity contribution in [3.63, 3.8) is 0 Å². The van der Waals surface area contributed by atoms with Gasteiger partial charge >= 0.3 is 5.97 Å². The topological polar surface area (TPSA) is 91.7 Å². The van der Waals surface area contributed by atoms with Crippen molar-refractivity contribution in [2.75, 3.05) is 0 Å². The highest BCUT2D eigenvalue weighted by atomic mass is 16.4. The Bertz CT molecular complexity index is 944. The zero-order valence-electron chi connectivity index (χ0n) is 21.5. The molecule has 0 unspecified atom stereocenters. The first-order chi connectivity index (χ1) is 15.8. The van der Waals surface area contributed by atoms with Gasteiger partial charge in [0.05, 0.1) is 17.4 Å². The Morgan fingerprint density at radius 1 is 1.15 bits per heavy atom. The molecule has 0 saturated heterocycles. The number of hydrogen-bond donors (Lipinski definition) is 2. The molecule has 2 N–H and O–H groups in total. The Morgan fingerprint density at radius 3 is 2.44 bits per heavy atom. The Labute approximate surface area is 204 Å². The number of aliphatic hydroxyl groups excluding tert-OH is 1. The van der Waals surface area contributed by atoms with E-state index in [0.29, 0.717) is 42.6 Å². The van der Waals surface area contributed by atoms with Crippen molar-refractivity contribution in [1.29, 1.82) is 0 Å². The molecule has 2 fully saturated rings. The number of rotatable bonds is 6. The average Bonchev–Trinajstić information content (AvgIpc) is 3.08. The van der Waals surface area contributed by atoms with Crippen LogP contribution in [0.1, 0.15) is 86.0 Å². The maximum Gasteiger partial charge on any atom is 0.309 e. The third-order valence-electron chi connectivity index (χ3n) is 10.5. The van der Waals surface area contributed by atoms with Gasteiger partial charge in [0.2, 0.25) is 0 Å². The fourth-order valence-corrected chi connectivity index (χ4v) is 8.44. The first kappa shape index (κ1) is 25.3. The fraction of sp³-hybridized carbons (Fsp3) is 0.759. The van der Waals surface area contributed by atoms with Crippen molar-refractivity contribution < 1.29 is 24.6 Å². The molecule has 0 amide bonds. The normalized spacial score (nSPS) is 40.6. The molecule has 4 aliphatic rings. The lowest BCUT2D eigenvalue weighted by Gasteiger charge is -2.54. The monoisotopic (exact) mass is 470 g/mol. The van der Waals surface area contributed by atoms with Crippen molar-refractivity contribution in [3.8, 4) is 0 Å². The zero-order chi connectivity index (χ0) is 25.2. The summed E-state index contributed by atoms with van der Waals surface area (Å²) in [5, 5.41) is 20.3. The van der Waals surface area contributed by atoms with Gasteiger partial charge in [0.15, 0.2) is 5.78 Å². The molecule has 5 heteroatoms. The van der Waals surface area contributed by atoms with E-state index in [9.17, 15) is 24.6 Å². The molecule has 0 aliphatic heterocycles. The van der Waals surface area contributed by atoms with Gasteiger partial charge in [-0.25, -0.2) is 0 Å². The van der Waals surface area contributed by atoms with Gasteiger partial charge in [0.1, 0.15) is 5.78 Å². The second-order valence-electron chi connectivity index (χ2n) is 12.5. The molecule has 8 atom stereocenters. The van der Waals surface area contributed by atoms with E-state index in [0.717, 1.165) is 31.3 Å². The van der Waals surface area contributed by atoms with E-state index in [1.807, 2.05) is 0 Å². The summed E-state index contributed by atoms with van der Waals surface area (Å²) in [6.07, 6.45) is 4.51. The lowest BCUT2D eigenvalue weighted by Crippen LogP contribution is -2.58. The lowest BCUT2D eigenvalue weighted by atomic mass is 9.48. The van der Waals surface area contributed by atoms with Crippen LogP contribution < -0.4 is 0 Å². The molecule has 5 nitrogen and oxygen atoms in total. The highest BCUT2D eigenvalue weighted by Gasteiger charge is 2.63. The first-order valence-electron chi connectivity index (χ1n) is 13.2. The minimum atomic E-state index is -1.17. The van der Waals surface area contributed by atoms with Crippen molar-refractivity contribution in [2.24, 2.45) is 46.3 Å². The maximum absolute atomic E-state index is 13.8. The average molecular weight is 471 g/mol. The van der Waals surface area contributed by atoms with Crippen LogP contribution in [0.4, 0.5) is 0 Å². The molecule has 0 heterocycles. The molecule has 2 saturated carbocycles. The van der Waals surface area contributed by atoms with Gasteiger partial charge in [-0.05, 0) is 80.5 Å². The maximum atomic E-state index is 13.8. The van der Waals surface area contributed by atoms with E-state index in [2.05, 4.69) is 34.3 Å². The molecule has 0 aromatic heterocycles. The number of carboxylic acid groups (broad SMARTS) is 1. The minimum Gasteiger partial charge on any atom is -0.481 e.